The van der Waals surface area contributed by atoms with Crippen LogP contribution in [0.2, 0.25) is 5.02 Å². The van der Waals surface area contributed by atoms with Crippen molar-refractivity contribution in [3.63, 3.8) is 0 Å². The first-order chi connectivity index (χ1) is 16.7. The first-order valence-corrected chi connectivity index (χ1v) is 11.7. The number of halogens is 3. The second kappa shape index (κ2) is 12.2. The Hall–Kier alpha value is -2.84. The lowest BCUT2D eigenvalue weighted by Gasteiger charge is -2.38. The SMILES string of the molecule is COCCOC(=O)N1CCN(S(=O)c2cc(F)c(Oc3ccc(Cl)cc3)c(F)c2)[C@@H](C(=O)NO)C1. The van der Waals surface area contributed by atoms with Gasteiger partial charge >= 0.3 is 6.09 Å². The van der Waals surface area contributed by atoms with E-state index in [2.05, 4.69) is 0 Å². The maximum atomic E-state index is 14.7. The number of hydroxylamine groups is 1. The summed E-state index contributed by atoms with van der Waals surface area (Å²) in [5, 5.41) is 9.53. The first-order valence-electron chi connectivity index (χ1n) is 10.2. The van der Waals surface area contributed by atoms with Gasteiger partial charge in [0, 0.05) is 31.8 Å². The van der Waals surface area contributed by atoms with Gasteiger partial charge in [-0.3, -0.25) is 10.0 Å². The Bertz CT molecular complexity index is 1070. The van der Waals surface area contributed by atoms with Gasteiger partial charge in [-0.05, 0) is 36.4 Å². The van der Waals surface area contributed by atoms with E-state index in [1.54, 1.807) is 0 Å². The molecule has 1 unspecified atom stereocenters. The van der Waals surface area contributed by atoms with Crippen molar-refractivity contribution in [3.05, 3.63) is 53.1 Å². The highest BCUT2D eigenvalue weighted by molar-refractivity contribution is 7.82. The fourth-order valence-corrected chi connectivity index (χ4v) is 4.66. The van der Waals surface area contributed by atoms with Crippen LogP contribution in [0.15, 0.2) is 41.3 Å². The molecule has 0 radical (unpaired) electrons. The van der Waals surface area contributed by atoms with Gasteiger partial charge in [-0.15, -0.1) is 0 Å². The molecule has 190 valence electrons. The van der Waals surface area contributed by atoms with Gasteiger partial charge < -0.3 is 19.1 Å². The largest absolute Gasteiger partial charge is 0.451 e. The van der Waals surface area contributed by atoms with Crippen LogP contribution < -0.4 is 10.2 Å². The highest BCUT2D eigenvalue weighted by Crippen LogP contribution is 2.31. The van der Waals surface area contributed by atoms with Crippen LogP contribution in [0.4, 0.5) is 13.6 Å². The molecule has 3 rings (SSSR count). The molecule has 14 heteroatoms. The monoisotopic (exact) mass is 533 g/mol. The molecule has 35 heavy (non-hydrogen) atoms. The van der Waals surface area contributed by atoms with E-state index in [1.165, 1.54) is 41.8 Å². The van der Waals surface area contributed by atoms with Gasteiger partial charge in [-0.1, -0.05) is 11.6 Å². The summed E-state index contributed by atoms with van der Waals surface area (Å²) >= 11 is 5.79. The summed E-state index contributed by atoms with van der Waals surface area (Å²) in [6, 6.07) is 6.16. The molecule has 0 aliphatic carbocycles. The van der Waals surface area contributed by atoms with E-state index in [0.717, 1.165) is 16.4 Å². The topological polar surface area (TPSA) is 118 Å². The van der Waals surface area contributed by atoms with Gasteiger partial charge in [0.15, 0.2) is 17.4 Å². The number of ether oxygens (including phenoxy) is 3. The minimum atomic E-state index is -2.23. The summed E-state index contributed by atoms with van der Waals surface area (Å²) in [5.41, 5.74) is 1.45. The number of nitrogens with zero attached hydrogens (tertiary/aromatic N) is 2. The molecular formula is C21H22ClF2N3O7S. The number of piperazine rings is 1. The minimum Gasteiger partial charge on any atom is -0.451 e. The number of nitrogens with one attached hydrogen (secondary N) is 1. The van der Waals surface area contributed by atoms with E-state index in [1.807, 2.05) is 0 Å². The smallest absolute Gasteiger partial charge is 0.409 e. The predicted molar refractivity (Wildman–Crippen MR) is 120 cm³/mol. The van der Waals surface area contributed by atoms with Gasteiger partial charge in [0.2, 0.25) is 0 Å². The van der Waals surface area contributed by atoms with Crippen LogP contribution in [0.1, 0.15) is 0 Å². The summed E-state index contributed by atoms with van der Waals surface area (Å²) in [6.07, 6.45) is -0.732. The predicted octanol–water partition coefficient (Wildman–Crippen LogP) is 2.71. The molecule has 0 bridgehead atoms. The quantitative estimate of drug-likeness (QED) is 0.304. The van der Waals surface area contributed by atoms with Crippen LogP contribution in [0.5, 0.6) is 11.5 Å². The van der Waals surface area contributed by atoms with Crippen LogP contribution in [-0.2, 0) is 25.3 Å². The lowest BCUT2D eigenvalue weighted by atomic mass is 10.2. The molecule has 0 aromatic heterocycles. The zero-order chi connectivity index (χ0) is 25.5. The Balaban J connectivity index is 1.78. The molecule has 2 N–H and O–H groups in total. The molecule has 1 aliphatic heterocycles. The summed E-state index contributed by atoms with van der Waals surface area (Å²) in [4.78, 5) is 25.4. The van der Waals surface area contributed by atoms with Gasteiger partial charge in [-0.25, -0.2) is 27.6 Å². The van der Waals surface area contributed by atoms with E-state index < -0.39 is 46.4 Å². The van der Waals surface area contributed by atoms with Crippen molar-refractivity contribution in [1.29, 1.82) is 0 Å². The number of benzene rings is 2. The fraction of sp³-hybridized carbons (Fsp3) is 0.333. The third-order valence-corrected chi connectivity index (χ3v) is 6.69. The minimum absolute atomic E-state index is 0.00941. The summed E-state index contributed by atoms with van der Waals surface area (Å²) in [6.45, 7) is -0.231. The average Bonchev–Trinajstić information content (AvgIpc) is 2.86. The Morgan fingerprint density at radius 1 is 1.17 bits per heavy atom. The fourth-order valence-electron chi connectivity index (χ4n) is 3.21. The van der Waals surface area contributed by atoms with Crippen LogP contribution in [0, 0.1) is 11.6 Å². The average molecular weight is 534 g/mol. The van der Waals surface area contributed by atoms with E-state index in [9.17, 15) is 22.6 Å². The van der Waals surface area contributed by atoms with Crippen molar-refractivity contribution in [2.45, 2.75) is 10.9 Å². The molecule has 0 spiro atoms. The van der Waals surface area contributed by atoms with Crippen LogP contribution in [-0.4, -0.2) is 76.6 Å². The summed E-state index contributed by atoms with van der Waals surface area (Å²) < 4.78 is 58.7. The van der Waals surface area contributed by atoms with Gasteiger partial charge in [0.1, 0.15) is 29.4 Å². The molecule has 2 atom stereocenters. The lowest BCUT2D eigenvalue weighted by Crippen LogP contribution is -2.60. The molecule has 2 aromatic carbocycles. The number of amides is 2. The van der Waals surface area contributed by atoms with Crippen LogP contribution >= 0.6 is 11.6 Å². The van der Waals surface area contributed by atoms with Crippen molar-refractivity contribution in [3.8, 4) is 11.5 Å². The number of hydrogen-bond acceptors (Lipinski definition) is 7. The third kappa shape index (κ3) is 6.64. The van der Waals surface area contributed by atoms with Crippen LogP contribution in [0.25, 0.3) is 0 Å². The standard InChI is InChI=1S/C21H22ClF2N3O7S/c1-32-8-9-33-21(29)26-6-7-27(18(12-26)20(28)25-30)35(31)15-10-16(23)19(17(24)11-15)34-14-4-2-13(22)3-5-14/h2-5,10-11,18,30H,6-9,12H2,1H3,(H,25,28)/t18-,35?/m1/s1. The number of rotatable bonds is 8. The van der Waals surface area contributed by atoms with E-state index in [4.69, 9.17) is 31.0 Å². The molecule has 2 aromatic rings. The maximum Gasteiger partial charge on any atom is 0.409 e. The molecule has 1 saturated heterocycles. The molecule has 0 saturated carbocycles. The van der Waals surface area contributed by atoms with E-state index in [0.29, 0.717) is 5.02 Å². The summed E-state index contributed by atoms with van der Waals surface area (Å²) in [7, 11) is -0.790. The Kier molecular flexibility index (Phi) is 9.34. The Morgan fingerprint density at radius 3 is 2.43 bits per heavy atom. The van der Waals surface area contributed by atoms with Crippen molar-refractivity contribution in [2.75, 3.05) is 40.0 Å². The van der Waals surface area contributed by atoms with E-state index in [-0.39, 0.29) is 43.5 Å². The molecule has 1 aliphatic rings. The number of carbonyl (C=O) groups excluding carboxylic acids is 2. The summed E-state index contributed by atoms with van der Waals surface area (Å²) in [5.74, 6) is -3.77. The molecule has 1 heterocycles. The van der Waals surface area contributed by atoms with Gasteiger partial charge in [0.05, 0.1) is 11.5 Å². The lowest BCUT2D eigenvalue weighted by molar-refractivity contribution is -0.134. The second-order valence-corrected chi connectivity index (χ2v) is 9.08. The van der Waals surface area contributed by atoms with Gasteiger partial charge in [0.25, 0.3) is 5.91 Å². The van der Waals surface area contributed by atoms with Crippen molar-refractivity contribution < 1.29 is 42.0 Å². The van der Waals surface area contributed by atoms with E-state index >= 15 is 0 Å². The highest BCUT2D eigenvalue weighted by atomic mass is 35.5. The second-order valence-electron chi connectivity index (χ2n) is 7.21. The normalized spacial score (nSPS) is 17.1. The van der Waals surface area contributed by atoms with Crippen molar-refractivity contribution >= 4 is 34.6 Å². The van der Waals surface area contributed by atoms with Crippen molar-refractivity contribution in [2.24, 2.45) is 0 Å². The molecule has 10 nitrogen and oxygen atoms in total. The zero-order valence-corrected chi connectivity index (χ0v) is 20.0. The number of carbonyl (C=O) groups is 2. The Labute approximate surface area is 206 Å². The highest BCUT2D eigenvalue weighted by Gasteiger charge is 2.38. The molecule has 1 fully saturated rings. The van der Waals surface area contributed by atoms with Gasteiger partial charge in [-0.2, -0.15) is 0 Å². The van der Waals surface area contributed by atoms with Crippen LogP contribution in [0.3, 0.4) is 0 Å². The maximum absolute atomic E-state index is 14.7. The molecular weight excluding hydrogens is 512 g/mol. The number of methoxy groups -OCH3 is 1. The number of hydrogen-bond donors (Lipinski definition) is 2. The Morgan fingerprint density at radius 2 is 1.83 bits per heavy atom. The third-order valence-electron chi connectivity index (χ3n) is 4.94. The van der Waals surface area contributed by atoms with Crippen molar-refractivity contribution in [1.82, 2.24) is 14.7 Å². The molecule has 2 amide bonds. The zero-order valence-electron chi connectivity index (χ0n) is 18.4. The first kappa shape index (κ1) is 26.8.